The Labute approximate surface area is 116 Å². The lowest BCUT2D eigenvalue weighted by Crippen LogP contribution is -2.23. The smallest absolute Gasteiger partial charge is 0.119 e. The monoisotopic (exact) mass is 263 g/mol. The van der Waals surface area contributed by atoms with Crippen LogP contribution in [-0.4, -0.2) is 33.9 Å². The van der Waals surface area contributed by atoms with Gasteiger partial charge in [-0.3, -0.25) is 0 Å². The largest absolute Gasteiger partial charge is 0.497 e. The fourth-order valence-corrected chi connectivity index (χ4v) is 1.77. The summed E-state index contributed by atoms with van der Waals surface area (Å²) in [4.78, 5) is 0. The van der Waals surface area contributed by atoms with Crippen LogP contribution in [0.3, 0.4) is 0 Å². The minimum atomic E-state index is 0.515. The Bertz CT molecular complexity index is 399. The van der Waals surface area contributed by atoms with Crippen molar-refractivity contribution in [2.45, 2.75) is 13.8 Å². The van der Waals surface area contributed by atoms with Crippen LogP contribution in [0.5, 0.6) is 5.75 Å². The average Bonchev–Trinajstić information content (AvgIpc) is 2.42. The zero-order valence-electron chi connectivity index (χ0n) is 12.4. The quantitative estimate of drug-likeness (QED) is 0.731. The van der Waals surface area contributed by atoms with Gasteiger partial charge in [0.2, 0.25) is 0 Å². The van der Waals surface area contributed by atoms with Crippen LogP contribution >= 0.6 is 0 Å². The molecule has 0 aromatic heterocycles. The SMILES string of the molecule is COCCNCC(=Cc1cccc(OC)c1)C(C)C. The molecular weight excluding hydrogens is 238 g/mol. The van der Waals surface area contributed by atoms with E-state index in [1.807, 2.05) is 12.1 Å². The summed E-state index contributed by atoms with van der Waals surface area (Å²) in [6.45, 7) is 6.93. The lowest BCUT2D eigenvalue weighted by Gasteiger charge is -2.13. The summed E-state index contributed by atoms with van der Waals surface area (Å²) in [7, 11) is 3.41. The Morgan fingerprint density at radius 1 is 1.32 bits per heavy atom. The van der Waals surface area contributed by atoms with E-state index in [1.54, 1.807) is 14.2 Å². The standard InChI is InChI=1S/C16H25NO2/c1-13(2)15(12-17-8-9-18-3)10-14-6-5-7-16(11-14)19-4/h5-7,10-11,13,17H,8-9,12H2,1-4H3. The van der Waals surface area contributed by atoms with Crippen molar-refractivity contribution >= 4 is 6.08 Å². The molecule has 0 fully saturated rings. The van der Waals surface area contributed by atoms with Crippen LogP contribution in [-0.2, 0) is 4.74 Å². The fourth-order valence-electron chi connectivity index (χ4n) is 1.77. The van der Waals surface area contributed by atoms with Crippen molar-refractivity contribution in [1.82, 2.24) is 5.32 Å². The summed E-state index contributed by atoms with van der Waals surface area (Å²) in [5, 5.41) is 3.39. The van der Waals surface area contributed by atoms with Gasteiger partial charge in [-0.05, 0) is 23.6 Å². The van der Waals surface area contributed by atoms with Crippen LogP contribution in [0.4, 0.5) is 0 Å². The predicted octanol–water partition coefficient (Wildman–Crippen LogP) is 2.97. The van der Waals surface area contributed by atoms with E-state index in [1.165, 1.54) is 11.1 Å². The van der Waals surface area contributed by atoms with Crippen molar-refractivity contribution in [2.75, 3.05) is 33.9 Å². The summed E-state index contributed by atoms with van der Waals surface area (Å²) in [5.41, 5.74) is 2.56. The molecule has 1 aromatic carbocycles. The number of nitrogens with one attached hydrogen (secondary N) is 1. The fraction of sp³-hybridized carbons (Fsp3) is 0.500. The van der Waals surface area contributed by atoms with Crippen molar-refractivity contribution < 1.29 is 9.47 Å². The number of hydrogen-bond acceptors (Lipinski definition) is 3. The molecule has 0 bridgehead atoms. The molecule has 106 valence electrons. The van der Waals surface area contributed by atoms with E-state index in [9.17, 15) is 0 Å². The highest BCUT2D eigenvalue weighted by Gasteiger charge is 2.03. The molecule has 0 unspecified atom stereocenters. The molecule has 0 spiro atoms. The summed E-state index contributed by atoms with van der Waals surface area (Å²) in [6.07, 6.45) is 2.23. The second kappa shape index (κ2) is 8.73. The number of benzene rings is 1. The van der Waals surface area contributed by atoms with E-state index in [0.717, 1.165) is 25.4 Å². The molecule has 3 nitrogen and oxygen atoms in total. The molecular formula is C16H25NO2. The molecule has 0 aliphatic carbocycles. The topological polar surface area (TPSA) is 30.5 Å². The highest BCUT2D eigenvalue weighted by atomic mass is 16.5. The lowest BCUT2D eigenvalue weighted by molar-refractivity contribution is 0.200. The van der Waals surface area contributed by atoms with Crippen molar-refractivity contribution in [1.29, 1.82) is 0 Å². The Balaban J connectivity index is 2.70. The van der Waals surface area contributed by atoms with Crippen molar-refractivity contribution in [2.24, 2.45) is 5.92 Å². The molecule has 0 aliphatic rings. The first-order chi connectivity index (χ1) is 9.17. The summed E-state index contributed by atoms with van der Waals surface area (Å²) in [6, 6.07) is 8.13. The first kappa shape index (κ1) is 15.7. The van der Waals surface area contributed by atoms with E-state index in [-0.39, 0.29) is 0 Å². The molecule has 0 atom stereocenters. The van der Waals surface area contributed by atoms with Crippen LogP contribution in [0.15, 0.2) is 29.8 Å². The third kappa shape index (κ3) is 5.90. The first-order valence-electron chi connectivity index (χ1n) is 6.71. The molecule has 0 amide bonds. The van der Waals surface area contributed by atoms with Gasteiger partial charge in [-0.25, -0.2) is 0 Å². The second-order valence-corrected chi connectivity index (χ2v) is 4.82. The number of ether oxygens (including phenoxy) is 2. The van der Waals surface area contributed by atoms with E-state index in [0.29, 0.717) is 5.92 Å². The van der Waals surface area contributed by atoms with Crippen molar-refractivity contribution in [3.63, 3.8) is 0 Å². The molecule has 19 heavy (non-hydrogen) atoms. The first-order valence-corrected chi connectivity index (χ1v) is 6.71. The van der Waals surface area contributed by atoms with Crippen LogP contribution in [0, 0.1) is 5.92 Å². The number of rotatable bonds is 8. The van der Waals surface area contributed by atoms with Gasteiger partial charge in [0.15, 0.2) is 0 Å². The summed E-state index contributed by atoms with van der Waals surface area (Å²) < 4.78 is 10.3. The third-order valence-electron chi connectivity index (χ3n) is 3.00. The maximum atomic E-state index is 5.25. The Morgan fingerprint density at radius 2 is 2.11 bits per heavy atom. The van der Waals surface area contributed by atoms with E-state index in [2.05, 4.69) is 37.4 Å². The Morgan fingerprint density at radius 3 is 2.74 bits per heavy atom. The molecule has 1 N–H and O–H groups in total. The molecule has 0 saturated carbocycles. The molecule has 0 saturated heterocycles. The van der Waals surface area contributed by atoms with Gasteiger partial charge in [0.1, 0.15) is 5.75 Å². The van der Waals surface area contributed by atoms with Gasteiger partial charge < -0.3 is 14.8 Å². The second-order valence-electron chi connectivity index (χ2n) is 4.82. The van der Waals surface area contributed by atoms with Crippen molar-refractivity contribution in [3.05, 3.63) is 35.4 Å². The van der Waals surface area contributed by atoms with Crippen molar-refractivity contribution in [3.8, 4) is 5.75 Å². The van der Waals surface area contributed by atoms with Gasteiger partial charge in [-0.1, -0.05) is 37.6 Å². The summed E-state index contributed by atoms with van der Waals surface area (Å²) >= 11 is 0. The summed E-state index contributed by atoms with van der Waals surface area (Å²) in [5.74, 6) is 1.41. The maximum Gasteiger partial charge on any atom is 0.119 e. The third-order valence-corrected chi connectivity index (χ3v) is 3.00. The van der Waals surface area contributed by atoms with Crippen LogP contribution in [0.25, 0.3) is 6.08 Å². The zero-order valence-corrected chi connectivity index (χ0v) is 12.4. The van der Waals surface area contributed by atoms with Crippen LogP contribution in [0.1, 0.15) is 19.4 Å². The highest BCUT2D eigenvalue weighted by Crippen LogP contribution is 2.18. The Hall–Kier alpha value is -1.32. The molecule has 0 heterocycles. The minimum Gasteiger partial charge on any atom is -0.497 e. The van der Waals surface area contributed by atoms with Gasteiger partial charge in [0.05, 0.1) is 13.7 Å². The van der Waals surface area contributed by atoms with Gasteiger partial charge >= 0.3 is 0 Å². The van der Waals surface area contributed by atoms with E-state index in [4.69, 9.17) is 9.47 Å². The minimum absolute atomic E-state index is 0.515. The molecule has 1 aromatic rings. The van der Waals surface area contributed by atoms with Gasteiger partial charge in [-0.2, -0.15) is 0 Å². The molecule has 0 radical (unpaired) electrons. The molecule has 1 rings (SSSR count). The van der Waals surface area contributed by atoms with Gasteiger partial charge in [-0.15, -0.1) is 0 Å². The maximum absolute atomic E-state index is 5.25. The van der Waals surface area contributed by atoms with Crippen LogP contribution in [0.2, 0.25) is 0 Å². The lowest BCUT2D eigenvalue weighted by atomic mass is 10.00. The zero-order chi connectivity index (χ0) is 14.1. The van der Waals surface area contributed by atoms with Crippen LogP contribution < -0.4 is 10.1 Å². The molecule has 3 heteroatoms. The highest BCUT2D eigenvalue weighted by molar-refractivity contribution is 5.55. The normalized spacial score (nSPS) is 11.9. The number of hydrogen-bond donors (Lipinski definition) is 1. The van der Waals surface area contributed by atoms with Gasteiger partial charge in [0.25, 0.3) is 0 Å². The van der Waals surface area contributed by atoms with E-state index < -0.39 is 0 Å². The van der Waals surface area contributed by atoms with Gasteiger partial charge in [0, 0.05) is 20.2 Å². The molecule has 0 aliphatic heterocycles. The average molecular weight is 263 g/mol. The Kier molecular flexibility index (Phi) is 7.23. The number of methoxy groups -OCH3 is 2. The predicted molar refractivity (Wildman–Crippen MR) is 80.6 cm³/mol. The van der Waals surface area contributed by atoms with E-state index >= 15 is 0 Å².